The third-order valence-electron chi connectivity index (χ3n) is 6.79. The van der Waals surface area contributed by atoms with E-state index in [9.17, 15) is 9.59 Å². The van der Waals surface area contributed by atoms with Gasteiger partial charge in [0.2, 0.25) is 5.91 Å². The van der Waals surface area contributed by atoms with Crippen molar-refractivity contribution in [1.29, 1.82) is 0 Å². The van der Waals surface area contributed by atoms with Gasteiger partial charge in [-0.15, -0.1) is 0 Å². The molecule has 0 spiro atoms. The molecule has 2 amide bonds. The number of carbonyl (C=O) groups excluding carboxylic acids is 2. The topological polar surface area (TPSA) is 67.9 Å². The number of fused-ring (bicyclic) bond motifs is 2. The quantitative estimate of drug-likeness (QED) is 0.600. The van der Waals surface area contributed by atoms with Crippen LogP contribution in [0.2, 0.25) is 0 Å². The lowest BCUT2D eigenvalue weighted by atomic mass is 9.94. The van der Waals surface area contributed by atoms with Crippen molar-refractivity contribution in [2.45, 2.75) is 32.2 Å². The normalized spacial score (nSPS) is 18.4. The number of piperidine rings is 1. The second-order valence-electron chi connectivity index (χ2n) is 8.99. The standard InChI is InChI=1S/C28H30N2O4/c1-2-24(20-12-13-25-26(17-20)34-16-15-33-25)29-27(31)21-9-6-14-30(18-21)28(32)23-11-5-8-19-7-3-4-10-22(19)23/h3-5,7-8,10-13,17,21,24H,2,6,9,14-16,18H2,1H3,(H,29,31). The fourth-order valence-corrected chi connectivity index (χ4v) is 4.95. The molecule has 0 bridgehead atoms. The molecule has 5 rings (SSSR count). The fourth-order valence-electron chi connectivity index (χ4n) is 4.95. The van der Waals surface area contributed by atoms with Crippen LogP contribution >= 0.6 is 0 Å². The smallest absolute Gasteiger partial charge is 0.254 e. The Balaban J connectivity index is 1.28. The van der Waals surface area contributed by atoms with Gasteiger partial charge in [-0.25, -0.2) is 0 Å². The number of nitrogens with zero attached hydrogens (tertiary/aromatic N) is 1. The lowest BCUT2D eigenvalue weighted by Crippen LogP contribution is -2.46. The predicted molar refractivity (Wildman–Crippen MR) is 131 cm³/mol. The molecule has 0 aliphatic carbocycles. The van der Waals surface area contributed by atoms with E-state index in [0.29, 0.717) is 31.9 Å². The number of amides is 2. The van der Waals surface area contributed by atoms with Crippen LogP contribution in [0, 0.1) is 5.92 Å². The summed E-state index contributed by atoms with van der Waals surface area (Å²) >= 11 is 0. The molecule has 6 nitrogen and oxygen atoms in total. The summed E-state index contributed by atoms with van der Waals surface area (Å²) in [7, 11) is 0. The summed E-state index contributed by atoms with van der Waals surface area (Å²) in [6.45, 7) is 4.24. The molecule has 1 N–H and O–H groups in total. The highest BCUT2D eigenvalue weighted by Crippen LogP contribution is 2.33. The number of nitrogens with one attached hydrogen (secondary N) is 1. The van der Waals surface area contributed by atoms with E-state index in [0.717, 1.165) is 47.1 Å². The van der Waals surface area contributed by atoms with Gasteiger partial charge >= 0.3 is 0 Å². The largest absolute Gasteiger partial charge is 0.486 e. The molecule has 2 unspecified atom stereocenters. The molecular weight excluding hydrogens is 428 g/mol. The second-order valence-corrected chi connectivity index (χ2v) is 8.99. The molecule has 34 heavy (non-hydrogen) atoms. The van der Waals surface area contributed by atoms with Crippen LogP contribution in [0.3, 0.4) is 0 Å². The van der Waals surface area contributed by atoms with E-state index < -0.39 is 0 Å². The van der Waals surface area contributed by atoms with E-state index >= 15 is 0 Å². The lowest BCUT2D eigenvalue weighted by Gasteiger charge is -2.33. The van der Waals surface area contributed by atoms with Crippen molar-refractivity contribution in [2.24, 2.45) is 5.92 Å². The third-order valence-corrected chi connectivity index (χ3v) is 6.79. The van der Waals surface area contributed by atoms with Gasteiger partial charge in [0, 0.05) is 18.7 Å². The molecule has 2 aliphatic rings. The molecule has 0 aromatic heterocycles. The van der Waals surface area contributed by atoms with Crippen molar-refractivity contribution >= 4 is 22.6 Å². The van der Waals surface area contributed by atoms with E-state index in [2.05, 4.69) is 12.2 Å². The predicted octanol–water partition coefficient (Wildman–Crippen LogP) is 4.73. The summed E-state index contributed by atoms with van der Waals surface area (Å²) in [4.78, 5) is 28.5. The highest BCUT2D eigenvalue weighted by Gasteiger charge is 2.30. The van der Waals surface area contributed by atoms with Crippen LogP contribution in [-0.2, 0) is 4.79 Å². The van der Waals surface area contributed by atoms with Crippen molar-refractivity contribution < 1.29 is 19.1 Å². The number of carbonyl (C=O) groups is 2. The van der Waals surface area contributed by atoms with E-state index in [1.807, 2.05) is 65.6 Å². The molecule has 2 aliphatic heterocycles. The van der Waals surface area contributed by atoms with Gasteiger partial charge in [0.1, 0.15) is 13.2 Å². The Kier molecular flexibility index (Phi) is 6.39. The summed E-state index contributed by atoms with van der Waals surface area (Å²) in [6.07, 6.45) is 2.36. The number of likely N-dealkylation sites (tertiary alicyclic amines) is 1. The van der Waals surface area contributed by atoms with E-state index in [1.54, 1.807) is 0 Å². The van der Waals surface area contributed by atoms with Crippen molar-refractivity contribution in [1.82, 2.24) is 10.2 Å². The fraction of sp³-hybridized carbons (Fsp3) is 0.357. The maximum Gasteiger partial charge on any atom is 0.254 e. The summed E-state index contributed by atoms with van der Waals surface area (Å²) in [5.74, 6) is 1.23. The zero-order valence-electron chi connectivity index (χ0n) is 19.5. The maximum absolute atomic E-state index is 13.4. The molecule has 3 aromatic rings. The first-order chi connectivity index (χ1) is 16.6. The molecule has 3 aromatic carbocycles. The molecule has 0 saturated carbocycles. The molecule has 1 saturated heterocycles. The minimum absolute atomic E-state index is 0.00263. The van der Waals surface area contributed by atoms with Gasteiger partial charge in [0.15, 0.2) is 11.5 Å². The van der Waals surface area contributed by atoms with Gasteiger partial charge in [-0.05, 0) is 53.8 Å². The first kappa shape index (κ1) is 22.3. The van der Waals surface area contributed by atoms with Crippen molar-refractivity contribution in [3.8, 4) is 11.5 Å². The van der Waals surface area contributed by atoms with Crippen LogP contribution in [0.4, 0.5) is 0 Å². The number of hydrogen-bond acceptors (Lipinski definition) is 4. The van der Waals surface area contributed by atoms with Crippen LogP contribution in [-0.4, -0.2) is 43.0 Å². The number of benzene rings is 3. The molecule has 2 heterocycles. The maximum atomic E-state index is 13.4. The third kappa shape index (κ3) is 4.45. The first-order valence-electron chi connectivity index (χ1n) is 12.1. The van der Waals surface area contributed by atoms with Gasteiger partial charge in [-0.2, -0.15) is 0 Å². The Morgan fingerprint density at radius 2 is 1.82 bits per heavy atom. The van der Waals surface area contributed by atoms with E-state index in [1.165, 1.54) is 0 Å². The van der Waals surface area contributed by atoms with Crippen molar-refractivity contribution in [3.05, 3.63) is 71.8 Å². The SMILES string of the molecule is CCC(NC(=O)C1CCCN(C(=O)c2cccc3ccccc23)C1)c1ccc2c(c1)OCCO2. The van der Waals surface area contributed by atoms with Gasteiger partial charge in [-0.3, -0.25) is 9.59 Å². The van der Waals surface area contributed by atoms with Crippen molar-refractivity contribution in [3.63, 3.8) is 0 Å². The molecule has 6 heteroatoms. The van der Waals surface area contributed by atoms with Crippen LogP contribution in [0.1, 0.15) is 48.1 Å². The Morgan fingerprint density at radius 3 is 2.68 bits per heavy atom. The minimum Gasteiger partial charge on any atom is -0.486 e. The van der Waals surface area contributed by atoms with Crippen molar-refractivity contribution in [2.75, 3.05) is 26.3 Å². The number of rotatable bonds is 5. The van der Waals surface area contributed by atoms with E-state index in [4.69, 9.17) is 9.47 Å². The van der Waals surface area contributed by atoms with Gasteiger partial charge in [0.05, 0.1) is 12.0 Å². The van der Waals surface area contributed by atoms with Gasteiger partial charge in [0.25, 0.3) is 5.91 Å². The van der Waals surface area contributed by atoms with Gasteiger partial charge in [-0.1, -0.05) is 49.4 Å². The summed E-state index contributed by atoms with van der Waals surface area (Å²) in [5.41, 5.74) is 1.70. The highest BCUT2D eigenvalue weighted by molar-refractivity contribution is 6.07. The Labute approximate surface area is 199 Å². The average molecular weight is 459 g/mol. The Bertz CT molecular complexity index is 1200. The van der Waals surface area contributed by atoms with Crippen LogP contribution in [0.25, 0.3) is 10.8 Å². The number of hydrogen-bond donors (Lipinski definition) is 1. The minimum atomic E-state index is -0.223. The Hall–Kier alpha value is -3.54. The lowest BCUT2D eigenvalue weighted by molar-refractivity contribution is -0.127. The molecule has 0 radical (unpaired) electrons. The summed E-state index contributed by atoms with van der Waals surface area (Å²) < 4.78 is 11.3. The Morgan fingerprint density at radius 1 is 1.03 bits per heavy atom. The molecular formula is C28H30N2O4. The first-order valence-corrected chi connectivity index (χ1v) is 12.1. The second kappa shape index (κ2) is 9.75. The molecule has 1 fully saturated rings. The monoisotopic (exact) mass is 458 g/mol. The molecule has 2 atom stereocenters. The van der Waals surface area contributed by atoms with Gasteiger partial charge < -0.3 is 19.7 Å². The average Bonchev–Trinajstić information content (AvgIpc) is 2.90. The van der Waals surface area contributed by atoms with E-state index in [-0.39, 0.29) is 23.8 Å². The van der Waals surface area contributed by atoms with Crippen LogP contribution < -0.4 is 14.8 Å². The highest BCUT2D eigenvalue weighted by atomic mass is 16.6. The van der Waals surface area contributed by atoms with Crippen LogP contribution in [0.5, 0.6) is 11.5 Å². The number of ether oxygens (including phenoxy) is 2. The zero-order valence-corrected chi connectivity index (χ0v) is 19.5. The summed E-state index contributed by atoms with van der Waals surface area (Å²) in [5, 5.41) is 5.21. The van der Waals surface area contributed by atoms with Crippen LogP contribution in [0.15, 0.2) is 60.7 Å². The molecule has 176 valence electrons. The zero-order chi connectivity index (χ0) is 23.5. The summed E-state index contributed by atoms with van der Waals surface area (Å²) in [6, 6.07) is 19.5.